The van der Waals surface area contributed by atoms with Crippen LogP contribution < -0.4 is 0 Å². The Kier molecular flexibility index (Phi) is 3.52. The first-order valence-corrected chi connectivity index (χ1v) is 8.08. The Bertz CT molecular complexity index is 879. The summed E-state index contributed by atoms with van der Waals surface area (Å²) in [5, 5.41) is 14.8. The highest BCUT2D eigenvalue weighted by Crippen LogP contribution is 2.40. The van der Waals surface area contributed by atoms with Crippen LogP contribution in [0.1, 0.15) is 30.3 Å². The lowest BCUT2D eigenvalue weighted by molar-refractivity contribution is 0.782. The van der Waals surface area contributed by atoms with E-state index < -0.39 is 0 Å². The largest absolute Gasteiger partial charge is 0.245 e. The third-order valence-electron chi connectivity index (χ3n) is 3.51. The van der Waals surface area contributed by atoms with Crippen molar-refractivity contribution in [3.63, 3.8) is 0 Å². The van der Waals surface area contributed by atoms with Gasteiger partial charge in [-0.1, -0.05) is 18.2 Å². The number of para-hydroxylation sites is 1. The summed E-state index contributed by atoms with van der Waals surface area (Å²) in [6, 6.07) is 12.0. The second-order valence-corrected chi connectivity index (χ2v) is 6.15. The fourth-order valence-corrected chi connectivity index (χ4v) is 3.02. The fraction of sp³-hybridized carbons (Fsp3) is 0.188. The van der Waals surface area contributed by atoms with E-state index in [1.165, 1.54) is 18.0 Å². The highest BCUT2D eigenvalue weighted by molar-refractivity contribution is 7.99. The van der Waals surface area contributed by atoms with Crippen LogP contribution in [0.3, 0.4) is 0 Å². The minimum Gasteiger partial charge on any atom is -0.245 e. The highest BCUT2D eigenvalue weighted by atomic mass is 32.2. The lowest BCUT2D eigenvalue weighted by Gasteiger charge is -2.03. The zero-order valence-corrected chi connectivity index (χ0v) is 12.9. The zero-order valence-electron chi connectivity index (χ0n) is 12.1. The molecular formula is C16H12N6S. The van der Waals surface area contributed by atoms with Crippen molar-refractivity contribution in [1.29, 1.82) is 5.26 Å². The molecule has 0 aliphatic heterocycles. The van der Waals surface area contributed by atoms with Crippen molar-refractivity contribution < 1.29 is 0 Å². The number of rotatable bonds is 4. The van der Waals surface area contributed by atoms with Crippen molar-refractivity contribution >= 4 is 11.8 Å². The van der Waals surface area contributed by atoms with Crippen molar-refractivity contribution in [1.82, 2.24) is 24.7 Å². The molecule has 1 fully saturated rings. The van der Waals surface area contributed by atoms with Gasteiger partial charge in [-0.15, -0.1) is 5.10 Å². The Labute approximate surface area is 137 Å². The standard InChI is InChI=1S/C16H12N6S/c17-10-13-15(19-9-8-18-13)23-16-20-14(11-6-7-11)22(21-16)12-4-2-1-3-5-12/h1-5,8-9,11H,6-7H2. The maximum absolute atomic E-state index is 9.12. The third-order valence-corrected chi connectivity index (χ3v) is 4.36. The van der Waals surface area contributed by atoms with E-state index in [9.17, 15) is 0 Å². The van der Waals surface area contributed by atoms with Gasteiger partial charge >= 0.3 is 0 Å². The van der Waals surface area contributed by atoms with Crippen molar-refractivity contribution in [2.45, 2.75) is 28.9 Å². The molecule has 1 aliphatic carbocycles. The van der Waals surface area contributed by atoms with Gasteiger partial charge in [0.25, 0.3) is 0 Å². The van der Waals surface area contributed by atoms with Crippen molar-refractivity contribution in [3.05, 3.63) is 54.2 Å². The summed E-state index contributed by atoms with van der Waals surface area (Å²) in [4.78, 5) is 12.9. The molecule has 0 radical (unpaired) electrons. The number of nitrogens with zero attached hydrogens (tertiary/aromatic N) is 6. The molecule has 6 nitrogen and oxygen atoms in total. The first-order valence-electron chi connectivity index (χ1n) is 7.26. The van der Waals surface area contributed by atoms with Gasteiger partial charge in [-0.05, 0) is 36.7 Å². The van der Waals surface area contributed by atoms with Gasteiger partial charge in [-0.3, -0.25) is 0 Å². The molecule has 0 unspecified atom stereocenters. The summed E-state index contributed by atoms with van der Waals surface area (Å²) in [6.07, 6.45) is 5.36. The summed E-state index contributed by atoms with van der Waals surface area (Å²) in [5.74, 6) is 1.44. The molecule has 2 aromatic heterocycles. The molecule has 0 N–H and O–H groups in total. The van der Waals surface area contributed by atoms with E-state index in [1.54, 1.807) is 6.20 Å². The smallest absolute Gasteiger partial charge is 0.215 e. The van der Waals surface area contributed by atoms with Crippen LogP contribution in [0.2, 0.25) is 0 Å². The molecule has 0 amide bonds. The first kappa shape index (κ1) is 13.9. The first-order chi connectivity index (χ1) is 11.3. The summed E-state index contributed by atoms with van der Waals surface area (Å²) >= 11 is 1.27. The Hall–Kier alpha value is -2.72. The van der Waals surface area contributed by atoms with Gasteiger partial charge in [0.05, 0.1) is 5.69 Å². The van der Waals surface area contributed by atoms with Gasteiger partial charge in [0, 0.05) is 18.3 Å². The molecule has 3 aromatic rings. The average Bonchev–Trinajstić information content (AvgIpc) is 3.37. The Balaban J connectivity index is 1.72. The molecule has 7 heteroatoms. The predicted molar refractivity (Wildman–Crippen MR) is 84.2 cm³/mol. The topological polar surface area (TPSA) is 80.3 Å². The van der Waals surface area contributed by atoms with Gasteiger partial charge in [0.2, 0.25) is 5.16 Å². The van der Waals surface area contributed by atoms with Crippen LogP contribution in [0, 0.1) is 11.3 Å². The normalized spacial score (nSPS) is 13.7. The molecule has 0 spiro atoms. The number of hydrogen-bond donors (Lipinski definition) is 0. The van der Waals surface area contributed by atoms with Crippen LogP contribution in [-0.2, 0) is 0 Å². The molecule has 4 rings (SSSR count). The van der Waals surface area contributed by atoms with Crippen LogP contribution in [0.4, 0.5) is 0 Å². The molecule has 0 saturated heterocycles. The van der Waals surface area contributed by atoms with Crippen LogP contribution in [0.5, 0.6) is 0 Å². The van der Waals surface area contributed by atoms with Crippen LogP contribution in [0.25, 0.3) is 5.69 Å². The van der Waals surface area contributed by atoms with E-state index in [4.69, 9.17) is 5.26 Å². The SMILES string of the molecule is N#Cc1nccnc1Sc1nc(C2CC2)n(-c2ccccc2)n1. The Morgan fingerprint density at radius 3 is 2.65 bits per heavy atom. The molecular weight excluding hydrogens is 308 g/mol. The molecule has 23 heavy (non-hydrogen) atoms. The lowest BCUT2D eigenvalue weighted by atomic mass is 10.3. The van der Waals surface area contributed by atoms with Crippen molar-refractivity contribution in [3.8, 4) is 11.8 Å². The van der Waals surface area contributed by atoms with E-state index >= 15 is 0 Å². The van der Waals surface area contributed by atoms with Crippen LogP contribution in [-0.4, -0.2) is 24.7 Å². The molecule has 112 valence electrons. The highest BCUT2D eigenvalue weighted by Gasteiger charge is 2.30. The molecule has 1 aliphatic rings. The quantitative estimate of drug-likeness (QED) is 0.735. The van der Waals surface area contributed by atoms with Gasteiger partial charge in [0.1, 0.15) is 16.9 Å². The minimum absolute atomic E-state index is 0.293. The van der Waals surface area contributed by atoms with E-state index in [0.29, 0.717) is 21.8 Å². The van der Waals surface area contributed by atoms with Gasteiger partial charge in [0.15, 0.2) is 5.69 Å². The maximum atomic E-state index is 9.12. The molecule has 1 saturated carbocycles. The average molecular weight is 320 g/mol. The molecule has 0 bridgehead atoms. The van der Waals surface area contributed by atoms with Crippen molar-refractivity contribution in [2.75, 3.05) is 0 Å². The summed E-state index contributed by atoms with van der Waals surface area (Å²) in [7, 11) is 0. The third kappa shape index (κ3) is 2.81. The Morgan fingerprint density at radius 1 is 1.13 bits per heavy atom. The minimum atomic E-state index is 0.293. The number of nitriles is 1. The molecule has 2 heterocycles. The second-order valence-electron chi connectivity index (χ2n) is 5.20. The molecule has 0 atom stereocenters. The molecule has 1 aromatic carbocycles. The van der Waals surface area contributed by atoms with Gasteiger partial charge < -0.3 is 0 Å². The summed E-state index contributed by atoms with van der Waals surface area (Å²) in [5.41, 5.74) is 1.29. The second kappa shape index (κ2) is 5.82. The zero-order chi connectivity index (χ0) is 15.6. The van der Waals surface area contributed by atoms with E-state index in [0.717, 1.165) is 24.4 Å². The van der Waals surface area contributed by atoms with Crippen molar-refractivity contribution in [2.24, 2.45) is 0 Å². The van der Waals surface area contributed by atoms with E-state index in [2.05, 4.69) is 20.1 Å². The fourth-order valence-electron chi connectivity index (χ4n) is 2.28. The maximum Gasteiger partial charge on any atom is 0.215 e. The van der Waals surface area contributed by atoms with Crippen LogP contribution >= 0.6 is 11.8 Å². The van der Waals surface area contributed by atoms with E-state index in [-0.39, 0.29) is 0 Å². The van der Waals surface area contributed by atoms with Crippen LogP contribution in [0.15, 0.2) is 52.9 Å². The number of benzene rings is 1. The predicted octanol–water partition coefficient (Wildman–Crippen LogP) is 2.96. The number of hydrogen-bond acceptors (Lipinski definition) is 6. The number of aromatic nitrogens is 5. The monoisotopic (exact) mass is 320 g/mol. The van der Waals surface area contributed by atoms with Gasteiger partial charge in [-0.25, -0.2) is 19.6 Å². The van der Waals surface area contributed by atoms with Gasteiger partial charge in [-0.2, -0.15) is 5.26 Å². The summed E-state index contributed by atoms with van der Waals surface area (Å²) in [6.45, 7) is 0. The lowest BCUT2D eigenvalue weighted by Crippen LogP contribution is -2.01. The van der Waals surface area contributed by atoms with E-state index in [1.807, 2.05) is 41.1 Å². The Morgan fingerprint density at radius 2 is 1.91 bits per heavy atom. The summed E-state index contributed by atoms with van der Waals surface area (Å²) < 4.78 is 1.89.